The highest BCUT2D eigenvalue weighted by atomic mass is 16.3. The standard InChI is InChI=1S/C51H34N4O/c1-5-15-33(16-6-1)40-24-13-25-41-43-31-36(28-30-44(43)55(48(40)41)38-21-11-4-12-22-38)39-23-14-26-45-47(39)42-29-27-37(32-46(42)56-45)51-53-49(34-17-7-2-8-18-34)52-50(54-51)35-19-9-3-10-20-35/h1-23,25-32,40H,24H2. The molecule has 0 bridgehead atoms. The van der Waals surface area contributed by atoms with Crippen LogP contribution in [0.1, 0.15) is 29.2 Å². The van der Waals surface area contributed by atoms with E-state index < -0.39 is 0 Å². The highest BCUT2D eigenvalue weighted by Gasteiger charge is 2.28. The fourth-order valence-electron chi connectivity index (χ4n) is 8.43. The number of allylic oxidation sites excluding steroid dienone is 1. The van der Waals surface area contributed by atoms with Crippen LogP contribution in [-0.2, 0) is 0 Å². The Morgan fingerprint density at radius 1 is 0.500 bits per heavy atom. The van der Waals surface area contributed by atoms with E-state index in [4.69, 9.17) is 19.4 Å². The molecule has 5 nitrogen and oxygen atoms in total. The number of fused-ring (bicyclic) bond motifs is 6. The summed E-state index contributed by atoms with van der Waals surface area (Å²) in [6.45, 7) is 0. The van der Waals surface area contributed by atoms with Gasteiger partial charge in [-0.05, 0) is 65.6 Å². The molecule has 5 heteroatoms. The lowest BCUT2D eigenvalue weighted by molar-refractivity contribution is 0.669. The van der Waals surface area contributed by atoms with Gasteiger partial charge in [-0.2, -0.15) is 0 Å². The molecule has 0 fully saturated rings. The van der Waals surface area contributed by atoms with Gasteiger partial charge in [0.15, 0.2) is 17.5 Å². The molecule has 0 amide bonds. The van der Waals surface area contributed by atoms with E-state index >= 15 is 0 Å². The second-order valence-electron chi connectivity index (χ2n) is 14.3. The Kier molecular flexibility index (Phi) is 7.56. The lowest BCUT2D eigenvalue weighted by atomic mass is 9.86. The second kappa shape index (κ2) is 13.2. The molecule has 3 aromatic heterocycles. The molecule has 56 heavy (non-hydrogen) atoms. The fraction of sp³-hybridized carbons (Fsp3) is 0.0392. The van der Waals surface area contributed by atoms with E-state index in [1.165, 1.54) is 33.4 Å². The summed E-state index contributed by atoms with van der Waals surface area (Å²) < 4.78 is 9.09. The van der Waals surface area contributed by atoms with Crippen LogP contribution in [0.4, 0.5) is 0 Å². The van der Waals surface area contributed by atoms with Crippen LogP contribution in [0.15, 0.2) is 186 Å². The largest absolute Gasteiger partial charge is 0.456 e. The summed E-state index contributed by atoms with van der Waals surface area (Å²) in [6.07, 6.45) is 5.62. The quantitative estimate of drug-likeness (QED) is 0.172. The van der Waals surface area contributed by atoms with Gasteiger partial charge in [-0.15, -0.1) is 0 Å². The van der Waals surface area contributed by atoms with E-state index in [9.17, 15) is 0 Å². The van der Waals surface area contributed by atoms with Gasteiger partial charge in [-0.3, -0.25) is 0 Å². The topological polar surface area (TPSA) is 56.7 Å². The van der Waals surface area contributed by atoms with Crippen LogP contribution in [0.2, 0.25) is 0 Å². The maximum atomic E-state index is 6.62. The number of furan rings is 1. The monoisotopic (exact) mass is 718 g/mol. The van der Waals surface area contributed by atoms with Crippen molar-refractivity contribution < 1.29 is 4.42 Å². The van der Waals surface area contributed by atoms with Gasteiger partial charge in [0.25, 0.3) is 0 Å². The number of nitrogens with zero attached hydrogens (tertiary/aromatic N) is 4. The van der Waals surface area contributed by atoms with Gasteiger partial charge < -0.3 is 8.98 Å². The van der Waals surface area contributed by atoms with Crippen LogP contribution in [0.3, 0.4) is 0 Å². The van der Waals surface area contributed by atoms with Crippen molar-refractivity contribution in [3.63, 3.8) is 0 Å². The maximum absolute atomic E-state index is 6.62. The van der Waals surface area contributed by atoms with Crippen molar-refractivity contribution in [2.75, 3.05) is 0 Å². The molecule has 1 atom stereocenters. The zero-order chi connectivity index (χ0) is 37.0. The van der Waals surface area contributed by atoms with Crippen molar-refractivity contribution in [3.05, 3.63) is 199 Å². The van der Waals surface area contributed by atoms with Crippen molar-refractivity contribution in [1.29, 1.82) is 0 Å². The van der Waals surface area contributed by atoms with Gasteiger partial charge in [0.2, 0.25) is 0 Å². The molecule has 264 valence electrons. The van der Waals surface area contributed by atoms with Crippen molar-refractivity contribution in [2.24, 2.45) is 0 Å². The minimum atomic E-state index is 0.250. The number of hydrogen-bond donors (Lipinski definition) is 0. The minimum absolute atomic E-state index is 0.250. The smallest absolute Gasteiger partial charge is 0.164 e. The van der Waals surface area contributed by atoms with Crippen molar-refractivity contribution >= 4 is 38.9 Å². The molecule has 1 aliphatic carbocycles. The van der Waals surface area contributed by atoms with Crippen molar-refractivity contribution in [3.8, 4) is 51.0 Å². The summed E-state index contributed by atoms with van der Waals surface area (Å²) in [5.41, 5.74) is 13.0. The molecule has 3 heterocycles. The van der Waals surface area contributed by atoms with Crippen LogP contribution in [0.5, 0.6) is 0 Å². The van der Waals surface area contributed by atoms with Gasteiger partial charge in [0, 0.05) is 55.7 Å². The average Bonchev–Trinajstić information content (AvgIpc) is 3.83. The summed E-state index contributed by atoms with van der Waals surface area (Å²) in [5, 5.41) is 3.38. The molecule has 1 unspecified atom stereocenters. The Bertz CT molecular complexity index is 3040. The van der Waals surface area contributed by atoms with Crippen LogP contribution in [-0.4, -0.2) is 19.5 Å². The molecule has 10 aromatic rings. The molecule has 1 aliphatic rings. The fourth-order valence-corrected chi connectivity index (χ4v) is 8.43. The minimum Gasteiger partial charge on any atom is -0.456 e. The zero-order valence-electron chi connectivity index (χ0n) is 30.4. The number of para-hydroxylation sites is 1. The van der Waals surface area contributed by atoms with E-state index in [0.29, 0.717) is 17.5 Å². The van der Waals surface area contributed by atoms with E-state index in [1.54, 1.807) is 0 Å². The van der Waals surface area contributed by atoms with Gasteiger partial charge in [0.1, 0.15) is 11.2 Å². The number of hydrogen-bond acceptors (Lipinski definition) is 4. The Morgan fingerprint density at radius 3 is 1.82 bits per heavy atom. The van der Waals surface area contributed by atoms with Crippen LogP contribution in [0.25, 0.3) is 89.9 Å². The average molecular weight is 719 g/mol. The predicted octanol–water partition coefficient (Wildman–Crippen LogP) is 12.9. The number of aromatic nitrogens is 4. The zero-order valence-corrected chi connectivity index (χ0v) is 30.4. The summed E-state index contributed by atoms with van der Waals surface area (Å²) in [5.74, 6) is 2.11. The van der Waals surface area contributed by atoms with Gasteiger partial charge >= 0.3 is 0 Å². The SMILES string of the molecule is C1=Cc2c(n(-c3ccccc3)c3ccc(-c4cccc5oc6cc(-c7nc(-c8ccccc8)nc(-c8ccccc8)n7)ccc6c45)cc23)C(c2ccccc2)C1. The molecule has 0 N–H and O–H groups in total. The molecule has 0 saturated heterocycles. The molecule has 0 radical (unpaired) electrons. The van der Waals surface area contributed by atoms with Crippen LogP contribution in [0, 0.1) is 0 Å². The predicted molar refractivity (Wildman–Crippen MR) is 228 cm³/mol. The summed E-state index contributed by atoms with van der Waals surface area (Å²) in [4.78, 5) is 14.8. The first-order valence-electron chi connectivity index (χ1n) is 19.0. The maximum Gasteiger partial charge on any atom is 0.164 e. The molecule has 0 spiro atoms. The van der Waals surface area contributed by atoms with Crippen LogP contribution < -0.4 is 0 Å². The van der Waals surface area contributed by atoms with Crippen molar-refractivity contribution in [1.82, 2.24) is 19.5 Å². The lowest BCUT2D eigenvalue weighted by Crippen LogP contribution is -2.10. The highest BCUT2D eigenvalue weighted by molar-refractivity contribution is 6.13. The van der Waals surface area contributed by atoms with E-state index in [1.807, 2.05) is 60.7 Å². The summed E-state index contributed by atoms with van der Waals surface area (Å²) >= 11 is 0. The van der Waals surface area contributed by atoms with Gasteiger partial charge in [-0.25, -0.2) is 15.0 Å². The first kappa shape index (κ1) is 32.1. The van der Waals surface area contributed by atoms with E-state index in [2.05, 4.69) is 132 Å². The molecule has 0 saturated carbocycles. The first-order valence-corrected chi connectivity index (χ1v) is 19.0. The molecular weight excluding hydrogens is 685 g/mol. The highest BCUT2D eigenvalue weighted by Crippen LogP contribution is 2.45. The third-order valence-electron chi connectivity index (χ3n) is 11.0. The van der Waals surface area contributed by atoms with E-state index in [0.717, 1.165) is 56.2 Å². The van der Waals surface area contributed by atoms with Gasteiger partial charge in [-0.1, -0.05) is 146 Å². The molecule has 11 rings (SSSR count). The third-order valence-corrected chi connectivity index (χ3v) is 11.0. The van der Waals surface area contributed by atoms with Crippen molar-refractivity contribution in [2.45, 2.75) is 12.3 Å². The Morgan fingerprint density at radius 2 is 1.12 bits per heavy atom. The lowest BCUT2D eigenvalue weighted by Gasteiger charge is -2.23. The Hall–Kier alpha value is -7.37. The Labute approximate surface area is 323 Å². The number of rotatable bonds is 6. The summed E-state index contributed by atoms with van der Waals surface area (Å²) in [7, 11) is 0. The Balaban J connectivity index is 1.06. The molecule has 0 aliphatic heterocycles. The normalized spacial score (nSPS) is 13.8. The second-order valence-corrected chi connectivity index (χ2v) is 14.3. The first-order chi connectivity index (χ1) is 27.8. The third kappa shape index (κ3) is 5.36. The molecular formula is C51H34N4O. The number of benzene rings is 7. The van der Waals surface area contributed by atoms with Gasteiger partial charge in [0.05, 0.1) is 5.52 Å². The van der Waals surface area contributed by atoms with Crippen LogP contribution >= 0.6 is 0 Å². The molecule has 7 aromatic carbocycles. The summed E-state index contributed by atoms with van der Waals surface area (Å²) in [6, 6.07) is 61.4. The van der Waals surface area contributed by atoms with E-state index in [-0.39, 0.29) is 5.92 Å².